The van der Waals surface area contributed by atoms with Gasteiger partial charge in [-0.25, -0.2) is 9.18 Å². The van der Waals surface area contributed by atoms with Gasteiger partial charge in [-0.05, 0) is 30.2 Å². The Labute approximate surface area is 158 Å². The lowest BCUT2D eigenvalue weighted by atomic mass is 10.1. The molecule has 0 saturated heterocycles. The van der Waals surface area contributed by atoms with Crippen molar-refractivity contribution in [2.45, 2.75) is 13.5 Å². The van der Waals surface area contributed by atoms with E-state index in [-0.39, 0.29) is 23.1 Å². The van der Waals surface area contributed by atoms with E-state index in [9.17, 15) is 18.8 Å². The molecule has 1 aromatic heterocycles. The fourth-order valence-corrected chi connectivity index (χ4v) is 3.61. The first-order valence-electron chi connectivity index (χ1n) is 7.94. The van der Waals surface area contributed by atoms with Gasteiger partial charge >= 0.3 is 5.97 Å². The number of thiophene rings is 1. The second kappa shape index (κ2) is 7.58. The Hall–Kier alpha value is -3.20. The number of halogens is 1. The van der Waals surface area contributed by atoms with E-state index in [1.807, 2.05) is 0 Å². The molecule has 9 heteroatoms. The summed E-state index contributed by atoms with van der Waals surface area (Å²) < 4.78 is 17.9. The van der Waals surface area contributed by atoms with Gasteiger partial charge in [-0.15, -0.1) is 11.3 Å². The molecule has 0 saturated carbocycles. The number of rotatable bonds is 5. The maximum absolute atomic E-state index is 12.8. The molecule has 3 rings (SSSR count). The van der Waals surface area contributed by atoms with Crippen molar-refractivity contribution in [1.29, 1.82) is 0 Å². The Bertz CT molecular complexity index is 937. The fourth-order valence-electron chi connectivity index (χ4n) is 2.49. The molecule has 0 aliphatic carbocycles. The van der Waals surface area contributed by atoms with Crippen molar-refractivity contribution < 1.29 is 23.5 Å². The van der Waals surface area contributed by atoms with E-state index in [1.165, 1.54) is 12.1 Å². The van der Waals surface area contributed by atoms with E-state index in [1.54, 1.807) is 19.1 Å². The summed E-state index contributed by atoms with van der Waals surface area (Å²) >= 11 is 1.07. The van der Waals surface area contributed by atoms with Crippen molar-refractivity contribution in [3.63, 3.8) is 0 Å². The third kappa shape index (κ3) is 4.14. The molecule has 0 fully saturated rings. The molecule has 140 valence electrons. The SMILES string of the molecule is C=C1NC(=O)c2c(sc(C(=O)OCC(=O)NCc3ccc(F)cc3)c2C)N1. The highest BCUT2D eigenvalue weighted by atomic mass is 32.1. The van der Waals surface area contributed by atoms with Gasteiger partial charge in [0.05, 0.1) is 5.56 Å². The van der Waals surface area contributed by atoms with Crippen LogP contribution in [0.15, 0.2) is 36.7 Å². The maximum Gasteiger partial charge on any atom is 0.349 e. The van der Waals surface area contributed by atoms with Crippen molar-refractivity contribution in [2.75, 3.05) is 11.9 Å². The standard InChI is InChI=1S/C18H16FN3O4S/c1-9-14-16(24)21-10(2)22-17(14)27-15(9)18(25)26-8-13(23)20-7-11-3-5-12(19)6-4-11/h3-6,22H,2,7-8H2,1H3,(H,20,23)(H,21,24). The number of anilines is 1. The molecule has 0 unspecified atom stereocenters. The monoisotopic (exact) mass is 389 g/mol. The fraction of sp³-hybridized carbons (Fsp3) is 0.167. The highest BCUT2D eigenvalue weighted by Gasteiger charge is 2.29. The number of fused-ring (bicyclic) bond motifs is 1. The number of carbonyl (C=O) groups excluding carboxylic acids is 3. The van der Waals surface area contributed by atoms with E-state index in [0.717, 1.165) is 16.9 Å². The summed E-state index contributed by atoms with van der Waals surface area (Å²) in [5.41, 5.74) is 1.56. The molecule has 0 spiro atoms. The van der Waals surface area contributed by atoms with Crippen molar-refractivity contribution in [2.24, 2.45) is 0 Å². The van der Waals surface area contributed by atoms with E-state index in [4.69, 9.17) is 4.74 Å². The quantitative estimate of drug-likeness (QED) is 0.682. The Balaban J connectivity index is 1.57. The predicted molar refractivity (Wildman–Crippen MR) is 97.8 cm³/mol. The molecule has 27 heavy (non-hydrogen) atoms. The number of carbonyl (C=O) groups is 3. The Morgan fingerprint density at radius 1 is 1.26 bits per heavy atom. The van der Waals surface area contributed by atoms with Gasteiger partial charge in [0.1, 0.15) is 21.5 Å². The minimum atomic E-state index is -0.691. The number of esters is 1. The topological polar surface area (TPSA) is 96.5 Å². The van der Waals surface area contributed by atoms with Gasteiger partial charge in [0.25, 0.3) is 11.8 Å². The first kappa shape index (κ1) is 18.6. The maximum atomic E-state index is 12.8. The number of ether oxygens (including phenoxy) is 1. The first-order chi connectivity index (χ1) is 12.8. The van der Waals surface area contributed by atoms with Crippen LogP contribution in [0.5, 0.6) is 0 Å². The van der Waals surface area contributed by atoms with Crippen LogP contribution in [-0.4, -0.2) is 24.4 Å². The molecule has 1 aliphatic heterocycles. The highest BCUT2D eigenvalue weighted by Crippen LogP contribution is 2.36. The average molecular weight is 389 g/mol. The van der Waals surface area contributed by atoms with Crippen LogP contribution < -0.4 is 16.0 Å². The van der Waals surface area contributed by atoms with Crippen LogP contribution in [-0.2, 0) is 16.1 Å². The summed E-state index contributed by atoms with van der Waals surface area (Å²) in [6.45, 7) is 4.99. The van der Waals surface area contributed by atoms with Gasteiger partial charge in [0.15, 0.2) is 6.61 Å². The van der Waals surface area contributed by atoms with Crippen LogP contribution in [0.25, 0.3) is 0 Å². The lowest BCUT2D eigenvalue weighted by Gasteiger charge is -2.16. The number of nitrogens with one attached hydrogen (secondary N) is 3. The molecule has 1 aromatic carbocycles. The number of hydrogen-bond acceptors (Lipinski definition) is 6. The van der Waals surface area contributed by atoms with Gasteiger partial charge in [-0.3, -0.25) is 9.59 Å². The second-order valence-corrected chi connectivity index (χ2v) is 6.82. The third-order valence-corrected chi connectivity index (χ3v) is 5.01. The zero-order valence-electron chi connectivity index (χ0n) is 14.3. The van der Waals surface area contributed by atoms with Crippen LogP contribution in [0.4, 0.5) is 9.39 Å². The smallest absolute Gasteiger partial charge is 0.349 e. The Kier molecular flexibility index (Phi) is 5.22. The van der Waals surface area contributed by atoms with Crippen molar-refractivity contribution in [1.82, 2.24) is 10.6 Å². The molecule has 0 bridgehead atoms. The third-order valence-electron chi connectivity index (χ3n) is 3.83. The van der Waals surface area contributed by atoms with Gasteiger partial charge in [0, 0.05) is 6.54 Å². The van der Waals surface area contributed by atoms with Crippen LogP contribution in [0.2, 0.25) is 0 Å². The van der Waals surface area contributed by atoms with Crippen LogP contribution in [0, 0.1) is 12.7 Å². The lowest BCUT2D eigenvalue weighted by molar-refractivity contribution is -0.124. The summed E-state index contributed by atoms with van der Waals surface area (Å²) in [5, 5.41) is 8.52. The summed E-state index contributed by atoms with van der Waals surface area (Å²) in [5.74, 6) is -1.56. The summed E-state index contributed by atoms with van der Waals surface area (Å²) in [6.07, 6.45) is 0. The van der Waals surface area contributed by atoms with Gasteiger partial charge in [-0.1, -0.05) is 18.7 Å². The molecular formula is C18H16FN3O4S. The highest BCUT2D eigenvalue weighted by molar-refractivity contribution is 7.18. The van der Waals surface area contributed by atoms with E-state index >= 15 is 0 Å². The summed E-state index contributed by atoms with van der Waals surface area (Å²) in [6, 6.07) is 5.68. The van der Waals surface area contributed by atoms with Crippen LogP contribution in [0.1, 0.15) is 31.2 Å². The van der Waals surface area contributed by atoms with Crippen molar-refractivity contribution in [3.8, 4) is 0 Å². The van der Waals surface area contributed by atoms with Gasteiger partial charge < -0.3 is 20.7 Å². The number of amides is 2. The molecule has 2 aromatic rings. The molecule has 1 aliphatic rings. The van der Waals surface area contributed by atoms with Crippen LogP contribution >= 0.6 is 11.3 Å². The Morgan fingerprint density at radius 2 is 1.96 bits per heavy atom. The number of hydrogen-bond donors (Lipinski definition) is 3. The molecule has 0 radical (unpaired) electrons. The van der Waals surface area contributed by atoms with Gasteiger partial charge in [0.2, 0.25) is 0 Å². The molecular weight excluding hydrogens is 373 g/mol. The summed E-state index contributed by atoms with van der Waals surface area (Å²) in [4.78, 5) is 36.4. The van der Waals surface area contributed by atoms with E-state index in [0.29, 0.717) is 21.9 Å². The van der Waals surface area contributed by atoms with Crippen LogP contribution in [0.3, 0.4) is 0 Å². The predicted octanol–water partition coefficient (Wildman–Crippen LogP) is 2.30. The van der Waals surface area contributed by atoms with Crippen molar-refractivity contribution in [3.05, 3.63) is 64.1 Å². The zero-order chi connectivity index (χ0) is 19.6. The Morgan fingerprint density at radius 3 is 2.67 bits per heavy atom. The molecule has 0 atom stereocenters. The second-order valence-electron chi connectivity index (χ2n) is 5.80. The zero-order valence-corrected chi connectivity index (χ0v) is 15.2. The number of benzene rings is 1. The van der Waals surface area contributed by atoms with E-state index in [2.05, 4.69) is 22.5 Å². The normalized spacial score (nSPS) is 12.7. The van der Waals surface area contributed by atoms with Crippen molar-refractivity contribution >= 4 is 34.1 Å². The first-order valence-corrected chi connectivity index (χ1v) is 8.75. The largest absolute Gasteiger partial charge is 0.451 e. The average Bonchev–Trinajstić information content (AvgIpc) is 2.95. The summed E-state index contributed by atoms with van der Waals surface area (Å²) in [7, 11) is 0. The molecule has 3 N–H and O–H groups in total. The lowest BCUT2D eigenvalue weighted by Crippen LogP contribution is -2.31. The van der Waals surface area contributed by atoms with Gasteiger partial charge in [-0.2, -0.15) is 0 Å². The molecule has 2 heterocycles. The minimum absolute atomic E-state index is 0.190. The minimum Gasteiger partial charge on any atom is -0.451 e. The molecule has 2 amide bonds. The van der Waals surface area contributed by atoms with E-state index < -0.39 is 18.5 Å². The molecule has 7 nitrogen and oxygen atoms in total.